The van der Waals surface area contributed by atoms with Gasteiger partial charge in [0, 0.05) is 32.6 Å². The number of hydrogen-bond donors (Lipinski definition) is 2. The second kappa shape index (κ2) is 6.65. The van der Waals surface area contributed by atoms with E-state index in [4.69, 9.17) is 9.73 Å². The van der Waals surface area contributed by atoms with Gasteiger partial charge < -0.3 is 15.4 Å². The molecule has 2 heterocycles. The van der Waals surface area contributed by atoms with Crippen molar-refractivity contribution in [3.8, 4) is 0 Å². The summed E-state index contributed by atoms with van der Waals surface area (Å²) in [5, 5.41) is 7.34. The van der Waals surface area contributed by atoms with Gasteiger partial charge in [-0.05, 0) is 24.1 Å². The quantitative estimate of drug-likeness (QED) is 0.909. The molecule has 4 heteroatoms. The zero-order valence-corrected chi connectivity index (χ0v) is 13.8. The molecule has 124 valence electrons. The van der Waals surface area contributed by atoms with E-state index in [1.807, 2.05) is 6.07 Å². The van der Waals surface area contributed by atoms with E-state index >= 15 is 0 Å². The van der Waals surface area contributed by atoms with E-state index in [2.05, 4.69) is 59.2 Å². The van der Waals surface area contributed by atoms with Crippen molar-refractivity contribution in [2.75, 3.05) is 25.1 Å². The van der Waals surface area contributed by atoms with Crippen molar-refractivity contribution in [2.45, 2.75) is 24.8 Å². The van der Waals surface area contributed by atoms with Gasteiger partial charge in [0.25, 0.3) is 0 Å². The van der Waals surface area contributed by atoms with Crippen LogP contribution in [0.5, 0.6) is 0 Å². The van der Waals surface area contributed by atoms with Crippen molar-refractivity contribution < 1.29 is 4.74 Å². The Bertz CT molecular complexity index is 721. The van der Waals surface area contributed by atoms with Crippen molar-refractivity contribution in [3.05, 3.63) is 60.2 Å². The van der Waals surface area contributed by atoms with E-state index in [0.717, 1.165) is 56.2 Å². The van der Waals surface area contributed by atoms with Crippen LogP contribution >= 0.6 is 0 Å². The number of para-hydroxylation sites is 2. The molecule has 0 bridgehead atoms. The van der Waals surface area contributed by atoms with Crippen LogP contribution in [-0.4, -0.2) is 31.1 Å². The summed E-state index contributed by atoms with van der Waals surface area (Å²) in [5.41, 5.74) is 3.35. The Hall–Kier alpha value is -2.33. The number of nitrogens with one attached hydrogen (secondary N) is 2. The van der Waals surface area contributed by atoms with Gasteiger partial charge in [-0.15, -0.1) is 0 Å². The van der Waals surface area contributed by atoms with Gasteiger partial charge in [-0.25, -0.2) is 4.99 Å². The van der Waals surface area contributed by atoms with Gasteiger partial charge in [0.2, 0.25) is 0 Å². The summed E-state index contributed by atoms with van der Waals surface area (Å²) in [5.74, 6) is 1.06. The summed E-state index contributed by atoms with van der Waals surface area (Å²) in [7, 11) is 0. The number of hydrogen-bond acceptors (Lipinski definition) is 4. The molecule has 2 aromatic rings. The summed E-state index contributed by atoms with van der Waals surface area (Å²) in [4.78, 5) is 4.94. The third kappa shape index (κ3) is 3.02. The van der Waals surface area contributed by atoms with Crippen molar-refractivity contribution in [1.29, 1.82) is 0 Å². The van der Waals surface area contributed by atoms with Crippen LogP contribution in [-0.2, 0) is 11.2 Å². The molecule has 2 aliphatic rings. The Morgan fingerprint density at radius 2 is 1.75 bits per heavy atom. The summed E-state index contributed by atoms with van der Waals surface area (Å²) in [6, 6.07) is 18.8. The number of amidine groups is 1. The molecule has 4 rings (SSSR count). The Morgan fingerprint density at radius 3 is 2.58 bits per heavy atom. The SMILES string of the molecule is c1ccc(CCNC2=Nc3ccccc3NC23CCOCC3)cc1. The first-order chi connectivity index (χ1) is 11.9. The lowest BCUT2D eigenvalue weighted by atomic mass is 9.86. The zero-order chi connectivity index (χ0) is 16.2. The molecule has 0 aromatic heterocycles. The van der Waals surface area contributed by atoms with Gasteiger partial charge in [-0.1, -0.05) is 42.5 Å². The highest BCUT2D eigenvalue weighted by molar-refractivity contribution is 6.00. The van der Waals surface area contributed by atoms with E-state index in [9.17, 15) is 0 Å². The molecule has 4 nitrogen and oxygen atoms in total. The van der Waals surface area contributed by atoms with E-state index in [1.165, 1.54) is 5.56 Å². The van der Waals surface area contributed by atoms with Crippen molar-refractivity contribution in [3.63, 3.8) is 0 Å². The minimum Gasteiger partial charge on any atom is -0.381 e. The van der Waals surface area contributed by atoms with Gasteiger partial charge in [0.05, 0.1) is 16.9 Å². The van der Waals surface area contributed by atoms with Crippen LogP contribution in [0.1, 0.15) is 18.4 Å². The largest absolute Gasteiger partial charge is 0.381 e. The van der Waals surface area contributed by atoms with Crippen molar-refractivity contribution in [2.24, 2.45) is 4.99 Å². The number of anilines is 1. The Kier molecular flexibility index (Phi) is 4.22. The zero-order valence-electron chi connectivity index (χ0n) is 13.8. The Balaban J connectivity index is 1.54. The van der Waals surface area contributed by atoms with E-state index in [0.29, 0.717) is 0 Å². The first kappa shape index (κ1) is 15.2. The molecule has 1 spiro atoms. The molecule has 24 heavy (non-hydrogen) atoms. The fraction of sp³-hybridized carbons (Fsp3) is 0.350. The van der Waals surface area contributed by atoms with E-state index in [1.54, 1.807) is 0 Å². The number of rotatable bonds is 3. The van der Waals surface area contributed by atoms with Crippen LogP contribution in [0.4, 0.5) is 11.4 Å². The highest BCUT2D eigenvalue weighted by atomic mass is 16.5. The van der Waals surface area contributed by atoms with Crippen molar-refractivity contribution >= 4 is 17.2 Å². The van der Waals surface area contributed by atoms with Crippen LogP contribution in [0.3, 0.4) is 0 Å². The maximum absolute atomic E-state index is 5.58. The third-order valence-electron chi connectivity index (χ3n) is 4.86. The first-order valence-electron chi connectivity index (χ1n) is 8.68. The average molecular weight is 321 g/mol. The van der Waals surface area contributed by atoms with E-state index in [-0.39, 0.29) is 5.54 Å². The molecule has 0 radical (unpaired) electrons. The van der Waals surface area contributed by atoms with Crippen molar-refractivity contribution in [1.82, 2.24) is 5.32 Å². The molecule has 0 unspecified atom stereocenters. The highest BCUT2D eigenvalue weighted by Gasteiger charge is 2.40. The molecule has 2 N–H and O–H groups in total. The fourth-order valence-corrected chi connectivity index (χ4v) is 3.48. The summed E-state index contributed by atoms with van der Waals surface area (Å²) in [6.07, 6.45) is 2.88. The Morgan fingerprint density at radius 1 is 1.00 bits per heavy atom. The number of ether oxygens (including phenoxy) is 1. The van der Waals surface area contributed by atoms with Crippen LogP contribution in [0.2, 0.25) is 0 Å². The van der Waals surface area contributed by atoms with Gasteiger partial charge in [0.15, 0.2) is 0 Å². The minimum atomic E-state index is -0.122. The summed E-state index contributed by atoms with van der Waals surface area (Å²) < 4.78 is 5.58. The van der Waals surface area contributed by atoms with Crippen LogP contribution in [0, 0.1) is 0 Å². The highest BCUT2D eigenvalue weighted by Crippen LogP contribution is 2.37. The molecule has 1 fully saturated rings. The standard InChI is InChI=1S/C20H23N3O/c1-2-6-16(7-3-1)10-13-21-19-20(11-14-24-15-12-20)23-18-9-5-4-8-17(18)22-19/h1-9,23H,10-15H2,(H,21,22). The molecule has 0 aliphatic carbocycles. The molecule has 0 atom stereocenters. The average Bonchev–Trinajstić information content (AvgIpc) is 2.64. The lowest BCUT2D eigenvalue weighted by Gasteiger charge is -2.42. The topological polar surface area (TPSA) is 45.7 Å². The van der Waals surface area contributed by atoms with Crippen LogP contribution in [0.15, 0.2) is 59.6 Å². The predicted octanol–water partition coefficient (Wildman–Crippen LogP) is 3.52. The smallest absolute Gasteiger partial charge is 0.128 e. The van der Waals surface area contributed by atoms with Gasteiger partial charge in [-0.3, -0.25) is 0 Å². The lowest BCUT2D eigenvalue weighted by Crippen LogP contribution is -2.57. The number of benzene rings is 2. The molecular weight excluding hydrogens is 298 g/mol. The van der Waals surface area contributed by atoms with Gasteiger partial charge >= 0.3 is 0 Å². The second-order valence-corrected chi connectivity index (χ2v) is 6.46. The predicted molar refractivity (Wildman–Crippen MR) is 98.1 cm³/mol. The van der Waals surface area contributed by atoms with E-state index < -0.39 is 0 Å². The third-order valence-corrected chi connectivity index (χ3v) is 4.86. The summed E-state index contributed by atoms with van der Waals surface area (Å²) >= 11 is 0. The Labute approximate surface area is 143 Å². The second-order valence-electron chi connectivity index (χ2n) is 6.46. The lowest BCUT2D eigenvalue weighted by molar-refractivity contribution is 0.0771. The minimum absolute atomic E-state index is 0.122. The maximum atomic E-state index is 5.58. The van der Waals surface area contributed by atoms with Crippen LogP contribution < -0.4 is 10.6 Å². The van der Waals surface area contributed by atoms with Gasteiger partial charge in [0.1, 0.15) is 5.84 Å². The summed E-state index contributed by atoms with van der Waals surface area (Å²) in [6.45, 7) is 2.43. The molecule has 0 amide bonds. The molecule has 2 aromatic carbocycles. The maximum Gasteiger partial charge on any atom is 0.128 e. The van der Waals surface area contributed by atoms with Gasteiger partial charge in [-0.2, -0.15) is 0 Å². The number of fused-ring (bicyclic) bond motifs is 1. The number of nitrogens with zero attached hydrogens (tertiary/aromatic N) is 1. The normalized spacial score (nSPS) is 18.4. The molecular formula is C20H23N3O. The first-order valence-corrected chi connectivity index (χ1v) is 8.68. The molecule has 1 saturated heterocycles. The monoisotopic (exact) mass is 321 g/mol. The fourth-order valence-electron chi connectivity index (χ4n) is 3.48. The molecule has 0 saturated carbocycles. The molecule has 2 aliphatic heterocycles. The number of aliphatic imine (C=N–C) groups is 1. The van der Waals surface area contributed by atoms with Crippen LogP contribution in [0.25, 0.3) is 0 Å².